The van der Waals surface area contributed by atoms with Crippen molar-refractivity contribution >= 4 is 5.91 Å². The molecule has 0 saturated heterocycles. The number of aliphatic hydroxyl groups is 1. The van der Waals surface area contributed by atoms with E-state index >= 15 is 0 Å². The summed E-state index contributed by atoms with van der Waals surface area (Å²) in [6.07, 6.45) is 5.73. The van der Waals surface area contributed by atoms with Crippen molar-refractivity contribution in [3.8, 4) is 0 Å². The van der Waals surface area contributed by atoms with E-state index in [1.807, 2.05) is 0 Å². The van der Waals surface area contributed by atoms with E-state index in [4.69, 9.17) is 10.8 Å². The number of rotatable bonds is 4. The monoisotopic (exact) mass is 155 g/mol. The van der Waals surface area contributed by atoms with Crippen LogP contribution in [-0.4, -0.2) is 11.0 Å². The van der Waals surface area contributed by atoms with E-state index in [-0.39, 0.29) is 11.7 Å². The van der Waals surface area contributed by atoms with Gasteiger partial charge in [0.15, 0.2) is 0 Å². The molecule has 1 amide bonds. The number of carbonyl (C=O) groups excluding carboxylic acids is 1. The molecule has 0 aliphatic carbocycles. The van der Waals surface area contributed by atoms with Gasteiger partial charge in [-0.1, -0.05) is 6.08 Å². The Bertz CT molecular complexity index is 183. The van der Waals surface area contributed by atoms with Crippen molar-refractivity contribution in [3.63, 3.8) is 0 Å². The zero-order chi connectivity index (χ0) is 8.69. The summed E-state index contributed by atoms with van der Waals surface area (Å²) in [4.78, 5) is 10.2. The fraction of sp³-hybridized carbons (Fsp3) is 0.375. The Balaban J connectivity index is 3.53. The molecule has 0 aromatic rings. The molecular formula is C8H13NO2. The number of carbonyl (C=O) groups is 1. The Labute approximate surface area is 66.2 Å². The number of primary amides is 1. The predicted octanol–water partition coefficient (Wildman–Crippen LogP) is 1.27. The van der Waals surface area contributed by atoms with Crippen molar-refractivity contribution in [1.82, 2.24) is 0 Å². The third-order valence-corrected chi connectivity index (χ3v) is 1.14. The summed E-state index contributed by atoms with van der Waals surface area (Å²) in [5, 5.41) is 8.88. The average molecular weight is 155 g/mol. The Hall–Kier alpha value is -1.25. The predicted molar refractivity (Wildman–Crippen MR) is 44.0 cm³/mol. The zero-order valence-electron chi connectivity index (χ0n) is 6.58. The Kier molecular flexibility index (Phi) is 4.90. The van der Waals surface area contributed by atoms with Gasteiger partial charge >= 0.3 is 0 Å². The molecule has 0 aliphatic heterocycles. The quantitative estimate of drug-likeness (QED) is 0.474. The van der Waals surface area contributed by atoms with Gasteiger partial charge in [-0.05, 0) is 25.5 Å². The lowest BCUT2D eigenvalue weighted by molar-refractivity contribution is -0.117. The highest BCUT2D eigenvalue weighted by molar-refractivity contribution is 5.73. The molecule has 62 valence electrons. The normalized spacial score (nSPS) is 12.3. The molecule has 0 fully saturated rings. The molecule has 0 saturated carbocycles. The number of hydrogen-bond acceptors (Lipinski definition) is 2. The zero-order valence-corrected chi connectivity index (χ0v) is 6.58. The van der Waals surface area contributed by atoms with Crippen LogP contribution in [-0.2, 0) is 4.79 Å². The molecule has 0 spiro atoms. The minimum absolute atomic E-state index is 0.203. The van der Waals surface area contributed by atoms with Gasteiger partial charge in [-0.15, -0.1) is 0 Å². The lowest BCUT2D eigenvalue weighted by Gasteiger charge is -1.88. The second kappa shape index (κ2) is 5.53. The van der Waals surface area contributed by atoms with Crippen molar-refractivity contribution < 1.29 is 9.90 Å². The minimum atomic E-state index is -0.324. The summed E-state index contributed by atoms with van der Waals surface area (Å²) < 4.78 is 0. The van der Waals surface area contributed by atoms with Crippen LogP contribution < -0.4 is 5.73 Å². The fourth-order valence-corrected chi connectivity index (χ4v) is 0.526. The molecule has 0 radical (unpaired) electrons. The summed E-state index contributed by atoms with van der Waals surface area (Å²) in [6.45, 7) is 1.73. The molecule has 11 heavy (non-hydrogen) atoms. The molecule has 0 aliphatic rings. The first kappa shape index (κ1) is 9.75. The largest absolute Gasteiger partial charge is 0.508 e. The standard InChI is InChI=1S/C8H13NO2/c1-2-7(10)5-3-4-6-8(9)11/h2-3,5,10H,4,6H2,1H3,(H2,9,11)/b5-3-,7-2+. The first-order chi connectivity index (χ1) is 5.16. The fourth-order valence-electron chi connectivity index (χ4n) is 0.526. The maximum Gasteiger partial charge on any atom is 0.217 e. The number of aliphatic hydroxyl groups excluding tert-OH is 1. The maximum absolute atomic E-state index is 10.2. The molecule has 0 unspecified atom stereocenters. The van der Waals surface area contributed by atoms with Gasteiger partial charge in [-0.25, -0.2) is 0 Å². The molecule has 0 bridgehead atoms. The van der Waals surface area contributed by atoms with Gasteiger partial charge in [0, 0.05) is 6.42 Å². The van der Waals surface area contributed by atoms with Crippen LogP contribution in [0.15, 0.2) is 24.0 Å². The molecule has 0 heterocycles. The Morgan fingerprint density at radius 2 is 2.27 bits per heavy atom. The lowest BCUT2D eigenvalue weighted by atomic mass is 10.2. The van der Waals surface area contributed by atoms with Crippen molar-refractivity contribution in [1.29, 1.82) is 0 Å². The minimum Gasteiger partial charge on any atom is -0.508 e. The summed E-state index contributed by atoms with van der Waals surface area (Å²) in [5.41, 5.74) is 4.89. The summed E-state index contributed by atoms with van der Waals surface area (Å²) in [7, 11) is 0. The average Bonchev–Trinajstić information content (AvgIpc) is 1.97. The van der Waals surface area contributed by atoms with Gasteiger partial charge in [0.2, 0.25) is 5.91 Å². The van der Waals surface area contributed by atoms with E-state index in [1.54, 1.807) is 25.2 Å². The third-order valence-electron chi connectivity index (χ3n) is 1.14. The highest BCUT2D eigenvalue weighted by atomic mass is 16.3. The van der Waals surface area contributed by atoms with Crippen molar-refractivity contribution in [2.24, 2.45) is 5.73 Å². The van der Waals surface area contributed by atoms with Crippen LogP contribution in [0.3, 0.4) is 0 Å². The molecule has 0 aromatic carbocycles. The van der Waals surface area contributed by atoms with Gasteiger partial charge in [0.1, 0.15) is 5.76 Å². The van der Waals surface area contributed by atoms with Crippen LogP contribution in [0, 0.1) is 0 Å². The Morgan fingerprint density at radius 3 is 2.73 bits per heavy atom. The molecule has 3 nitrogen and oxygen atoms in total. The van der Waals surface area contributed by atoms with Gasteiger partial charge in [-0.2, -0.15) is 0 Å². The maximum atomic E-state index is 10.2. The topological polar surface area (TPSA) is 63.3 Å². The number of amides is 1. The van der Waals surface area contributed by atoms with Crippen molar-refractivity contribution in [3.05, 3.63) is 24.0 Å². The van der Waals surface area contributed by atoms with Crippen molar-refractivity contribution in [2.45, 2.75) is 19.8 Å². The van der Waals surface area contributed by atoms with E-state index in [9.17, 15) is 4.79 Å². The van der Waals surface area contributed by atoms with Crippen LogP contribution in [0.1, 0.15) is 19.8 Å². The third kappa shape index (κ3) is 6.64. The van der Waals surface area contributed by atoms with E-state index in [0.29, 0.717) is 12.8 Å². The second-order valence-corrected chi connectivity index (χ2v) is 2.12. The smallest absolute Gasteiger partial charge is 0.217 e. The number of allylic oxidation sites excluding steroid dienone is 3. The van der Waals surface area contributed by atoms with E-state index in [1.165, 1.54) is 0 Å². The van der Waals surface area contributed by atoms with Crippen LogP contribution >= 0.6 is 0 Å². The van der Waals surface area contributed by atoms with Crippen molar-refractivity contribution in [2.75, 3.05) is 0 Å². The molecule has 0 rings (SSSR count). The van der Waals surface area contributed by atoms with Gasteiger partial charge in [0.05, 0.1) is 0 Å². The Morgan fingerprint density at radius 1 is 1.64 bits per heavy atom. The van der Waals surface area contributed by atoms with E-state index < -0.39 is 0 Å². The van der Waals surface area contributed by atoms with Crippen LogP contribution in [0.2, 0.25) is 0 Å². The highest BCUT2D eigenvalue weighted by Gasteiger charge is 1.89. The van der Waals surface area contributed by atoms with Crippen LogP contribution in [0.25, 0.3) is 0 Å². The first-order valence-corrected chi connectivity index (χ1v) is 3.47. The second-order valence-electron chi connectivity index (χ2n) is 2.12. The van der Waals surface area contributed by atoms with Crippen LogP contribution in [0.5, 0.6) is 0 Å². The SMILES string of the molecule is C/C=C(O)\C=C/CCC(N)=O. The summed E-state index contributed by atoms with van der Waals surface area (Å²) in [6, 6.07) is 0. The lowest BCUT2D eigenvalue weighted by Crippen LogP contribution is -2.08. The van der Waals surface area contributed by atoms with Gasteiger partial charge < -0.3 is 10.8 Å². The van der Waals surface area contributed by atoms with E-state index in [2.05, 4.69) is 0 Å². The van der Waals surface area contributed by atoms with Gasteiger partial charge in [0.25, 0.3) is 0 Å². The van der Waals surface area contributed by atoms with E-state index in [0.717, 1.165) is 0 Å². The highest BCUT2D eigenvalue weighted by Crippen LogP contribution is 1.94. The molecule has 3 heteroatoms. The number of hydrogen-bond donors (Lipinski definition) is 2. The molecule has 0 atom stereocenters. The summed E-state index contributed by atoms with van der Waals surface area (Å²) in [5.74, 6) is -0.121. The van der Waals surface area contributed by atoms with Gasteiger partial charge in [-0.3, -0.25) is 4.79 Å². The number of nitrogens with two attached hydrogens (primary N) is 1. The first-order valence-electron chi connectivity index (χ1n) is 3.47. The van der Waals surface area contributed by atoms with Crippen LogP contribution in [0.4, 0.5) is 0 Å². The molecular weight excluding hydrogens is 142 g/mol. The molecule has 3 N–H and O–H groups in total. The molecule has 0 aromatic heterocycles. The summed E-state index contributed by atoms with van der Waals surface area (Å²) >= 11 is 0.